The summed E-state index contributed by atoms with van der Waals surface area (Å²) in [6.07, 6.45) is 3.22. The Balaban J connectivity index is 1.46. The molecule has 1 aliphatic carbocycles. The second-order valence-electron chi connectivity index (χ2n) is 7.91. The van der Waals surface area contributed by atoms with Crippen molar-refractivity contribution in [3.63, 3.8) is 0 Å². The average molecular weight is 383 g/mol. The summed E-state index contributed by atoms with van der Waals surface area (Å²) in [5.74, 6) is 1.67. The van der Waals surface area contributed by atoms with E-state index in [1.807, 2.05) is 47.4 Å². The normalized spacial score (nSPS) is 24.9. The second-order valence-corrected chi connectivity index (χ2v) is 8.35. The van der Waals surface area contributed by atoms with E-state index in [0.29, 0.717) is 12.5 Å². The van der Waals surface area contributed by atoms with E-state index in [1.54, 1.807) is 0 Å². The number of likely N-dealkylation sites (tertiary alicyclic amines) is 1. The van der Waals surface area contributed by atoms with Crippen LogP contribution in [0.2, 0.25) is 5.02 Å². The molecule has 5 rings (SSSR count). The fourth-order valence-electron chi connectivity index (χ4n) is 4.25. The van der Waals surface area contributed by atoms with Crippen LogP contribution in [0.3, 0.4) is 0 Å². The summed E-state index contributed by atoms with van der Waals surface area (Å²) in [5.41, 5.74) is 2.06. The number of fused-ring (bicyclic) bond motifs is 3. The smallest absolute Gasteiger partial charge is 0.244 e. The van der Waals surface area contributed by atoms with Gasteiger partial charge in [0.05, 0.1) is 11.7 Å². The molecule has 1 saturated heterocycles. The van der Waals surface area contributed by atoms with Crippen molar-refractivity contribution in [2.45, 2.75) is 38.0 Å². The fourth-order valence-corrected chi connectivity index (χ4v) is 4.47. The summed E-state index contributed by atoms with van der Waals surface area (Å²) in [6.45, 7) is 2.27. The van der Waals surface area contributed by atoms with Gasteiger partial charge in [-0.2, -0.15) is 0 Å². The monoisotopic (exact) mass is 382 g/mol. The minimum Gasteiger partial charge on any atom is -0.487 e. The van der Waals surface area contributed by atoms with Crippen LogP contribution >= 0.6 is 11.6 Å². The highest BCUT2D eigenvalue weighted by atomic mass is 35.5. The van der Waals surface area contributed by atoms with Gasteiger partial charge in [-0.05, 0) is 48.6 Å². The number of benzene rings is 2. The minimum absolute atomic E-state index is 0.0439. The van der Waals surface area contributed by atoms with Crippen molar-refractivity contribution in [1.82, 2.24) is 4.90 Å². The number of hydrogen-bond donors (Lipinski definition) is 0. The highest BCUT2D eigenvalue weighted by molar-refractivity contribution is 6.30. The first-order chi connectivity index (χ1) is 13.2. The van der Waals surface area contributed by atoms with Crippen LogP contribution in [0.25, 0.3) is 0 Å². The molecule has 4 nitrogen and oxygen atoms in total. The van der Waals surface area contributed by atoms with Gasteiger partial charge in [-0.15, -0.1) is 0 Å². The van der Waals surface area contributed by atoms with Gasteiger partial charge >= 0.3 is 0 Å². The lowest BCUT2D eigenvalue weighted by molar-refractivity contribution is -0.123. The number of amides is 1. The maximum Gasteiger partial charge on any atom is 0.244 e. The van der Waals surface area contributed by atoms with Crippen molar-refractivity contribution < 1.29 is 9.53 Å². The first-order valence-corrected chi connectivity index (χ1v) is 10.1. The topological polar surface area (TPSA) is 32.8 Å². The van der Waals surface area contributed by atoms with Gasteiger partial charge < -0.3 is 9.64 Å². The van der Waals surface area contributed by atoms with Crippen molar-refractivity contribution in [2.24, 2.45) is 5.92 Å². The quantitative estimate of drug-likeness (QED) is 0.797. The predicted octanol–water partition coefficient (Wildman–Crippen LogP) is 4.12. The van der Waals surface area contributed by atoms with Gasteiger partial charge in [-0.1, -0.05) is 35.9 Å². The molecule has 0 unspecified atom stereocenters. The zero-order valence-electron chi connectivity index (χ0n) is 15.2. The fraction of sp³-hybridized carbons (Fsp3) is 0.409. The van der Waals surface area contributed by atoms with E-state index in [0.717, 1.165) is 41.5 Å². The molecular formula is C22H23ClN2O2. The van der Waals surface area contributed by atoms with Gasteiger partial charge in [0.15, 0.2) is 0 Å². The van der Waals surface area contributed by atoms with Gasteiger partial charge in [-0.3, -0.25) is 9.69 Å². The SMILES string of the molecule is O=C1[C@@H]2C[C@@H](CN2Cc2cccc(Cl)c2)Oc2ccccc2N1CC1CC1. The van der Waals surface area contributed by atoms with Crippen LogP contribution in [0.15, 0.2) is 48.5 Å². The van der Waals surface area contributed by atoms with Crippen molar-refractivity contribution >= 4 is 23.2 Å². The Kier molecular flexibility index (Phi) is 4.33. The molecule has 2 atom stereocenters. The van der Waals surface area contributed by atoms with E-state index in [1.165, 1.54) is 12.8 Å². The maximum atomic E-state index is 13.6. The number of halogens is 1. The molecule has 0 spiro atoms. The van der Waals surface area contributed by atoms with E-state index in [-0.39, 0.29) is 18.1 Å². The molecule has 2 aromatic carbocycles. The van der Waals surface area contributed by atoms with Crippen LogP contribution in [-0.4, -0.2) is 36.0 Å². The van der Waals surface area contributed by atoms with E-state index in [4.69, 9.17) is 16.3 Å². The lowest BCUT2D eigenvalue weighted by atomic mass is 10.1. The third kappa shape index (κ3) is 3.44. The molecule has 3 aliphatic rings. The summed E-state index contributed by atoms with van der Waals surface area (Å²) in [6, 6.07) is 15.7. The Labute approximate surface area is 164 Å². The number of carbonyl (C=O) groups is 1. The Morgan fingerprint density at radius 2 is 1.96 bits per heavy atom. The van der Waals surface area contributed by atoms with Crippen LogP contribution in [-0.2, 0) is 11.3 Å². The number of anilines is 1. The Hall–Kier alpha value is -2.04. The Morgan fingerprint density at radius 3 is 2.78 bits per heavy atom. The number of ether oxygens (including phenoxy) is 1. The molecule has 1 saturated carbocycles. The molecule has 2 fully saturated rings. The lowest BCUT2D eigenvalue weighted by Gasteiger charge is -2.32. The molecule has 5 heteroatoms. The molecular weight excluding hydrogens is 360 g/mol. The number of rotatable bonds is 4. The lowest BCUT2D eigenvalue weighted by Crippen LogP contribution is -2.46. The van der Waals surface area contributed by atoms with Crippen LogP contribution in [0, 0.1) is 5.92 Å². The molecule has 2 aromatic rings. The first kappa shape index (κ1) is 17.1. The van der Waals surface area contributed by atoms with Gasteiger partial charge in [0.1, 0.15) is 11.9 Å². The van der Waals surface area contributed by atoms with Crippen LogP contribution in [0.4, 0.5) is 5.69 Å². The van der Waals surface area contributed by atoms with Crippen LogP contribution in [0.5, 0.6) is 5.75 Å². The minimum atomic E-state index is -0.138. The molecule has 140 valence electrons. The van der Waals surface area contributed by atoms with E-state index < -0.39 is 0 Å². The highest BCUT2D eigenvalue weighted by Gasteiger charge is 2.43. The molecule has 2 aliphatic heterocycles. The molecule has 0 N–H and O–H groups in total. The molecule has 0 aromatic heterocycles. The second kappa shape index (κ2) is 6.84. The van der Waals surface area contributed by atoms with Crippen LogP contribution < -0.4 is 9.64 Å². The Morgan fingerprint density at radius 1 is 1.11 bits per heavy atom. The Bertz CT molecular complexity index is 867. The molecule has 2 bridgehead atoms. The van der Waals surface area contributed by atoms with Gasteiger partial charge in [0, 0.05) is 31.1 Å². The van der Waals surface area contributed by atoms with Crippen molar-refractivity contribution in [3.05, 3.63) is 59.1 Å². The largest absolute Gasteiger partial charge is 0.487 e. The summed E-state index contributed by atoms with van der Waals surface area (Å²) < 4.78 is 6.34. The highest BCUT2D eigenvalue weighted by Crippen LogP contribution is 2.39. The number of nitrogens with zero attached hydrogens (tertiary/aromatic N) is 2. The average Bonchev–Trinajstić information content (AvgIpc) is 3.39. The van der Waals surface area contributed by atoms with E-state index in [9.17, 15) is 4.79 Å². The third-order valence-electron chi connectivity index (χ3n) is 5.78. The number of hydrogen-bond acceptors (Lipinski definition) is 3. The van der Waals surface area contributed by atoms with E-state index >= 15 is 0 Å². The molecule has 2 heterocycles. The summed E-state index contributed by atoms with van der Waals surface area (Å²) in [4.78, 5) is 17.8. The van der Waals surface area contributed by atoms with Crippen molar-refractivity contribution in [1.29, 1.82) is 0 Å². The number of carbonyl (C=O) groups excluding carboxylic acids is 1. The van der Waals surface area contributed by atoms with Crippen molar-refractivity contribution in [2.75, 3.05) is 18.0 Å². The zero-order valence-corrected chi connectivity index (χ0v) is 15.9. The van der Waals surface area contributed by atoms with Gasteiger partial charge in [0.2, 0.25) is 5.91 Å². The molecule has 1 amide bonds. The molecule has 0 radical (unpaired) electrons. The zero-order chi connectivity index (χ0) is 18.4. The van der Waals surface area contributed by atoms with Crippen LogP contribution in [0.1, 0.15) is 24.8 Å². The van der Waals surface area contributed by atoms with E-state index in [2.05, 4.69) is 11.0 Å². The first-order valence-electron chi connectivity index (χ1n) is 9.73. The summed E-state index contributed by atoms with van der Waals surface area (Å²) >= 11 is 6.15. The van der Waals surface area contributed by atoms with Gasteiger partial charge in [0.25, 0.3) is 0 Å². The van der Waals surface area contributed by atoms with Gasteiger partial charge in [-0.25, -0.2) is 0 Å². The maximum absolute atomic E-state index is 13.6. The number of para-hydroxylation sites is 2. The predicted molar refractivity (Wildman–Crippen MR) is 106 cm³/mol. The standard InChI is InChI=1S/C22H23ClN2O2/c23-17-5-3-4-16(10-17)12-24-14-18-11-20(24)22(26)25(13-15-8-9-15)19-6-1-2-7-21(19)27-18/h1-7,10,15,18,20H,8-9,11-14H2/t18-,20-/m0/s1. The van der Waals surface area contributed by atoms with Crippen molar-refractivity contribution in [3.8, 4) is 5.75 Å². The summed E-state index contributed by atoms with van der Waals surface area (Å²) in [7, 11) is 0. The summed E-state index contributed by atoms with van der Waals surface area (Å²) in [5, 5.41) is 0.731. The molecule has 27 heavy (non-hydrogen) atoms. The third-order valence-corrected chi connectivity index (χ3v) is 6.01.